The first-order valence-corrected chi connectivity index (χ1v) is 13.8. The van der Waals surface area contributed by atoms with E-state index in [9.17, 15) is 24.6 Å². The molecular weight excluding hydrogens is 543 g/mol. The molecule has 13 heteroatoms. The SMILES string of the molecule is CCN1C(=CC=c2s/c(=C3\SC(=S)N(CC(=O)O)C3=O)n(CC)c2=O)Sc2cc(CO)c(CO)cc21. The number of fused-ring (bicyclic) bond motifs is 1. The molecule has 0 bridgehead atoms. The maximum atomic E-state index is 13.1. The number of carboxylic acid groups (broad SMARTS) is 1. The number of carbonyl (C=O) groups excluding carboxylic acids is 1. The van der Waals surface area contributed by atoms with E-state index in [1.54, 1.807) is 13.0 Å². The number of aromatic nitrogens is 1. The summed E-state index contributed by atoms with van der Waals surface area (Å²) >= 11 is 8.87. The number of amides is 1. The number of allylic oxidation sites excluding steroid dienone is 1. The Morgan fingerprint density at radius 2 is 1.72 bits per heavy atom. The van der Waals surface area contributed by atoms with Gasteiger partial charge in [-0.3, -0.25) is 23.9 Å². The molecule has 2 aliphatic rings. The molecule has 190 valence electrons. The van der Waals surface area contributed by atoms with Gasteiger partial charge in [0.15, 0.2) is 0 Å². The van der Waals surface area contributed by atoms with Crippen molar-refractivity contribution in [2.75, 3.05) is 18.0 Å². The number of benzene rings is 1. The van der Waals surface area contributed by atoms with Gasteiger partial charge in [0.25, 0.3) is 11.5 Å². The molecule has 0 saturated carbocycles. The van der Waals surface area contributed by atoms with Crippen LogP contribution in [0.5, 0.6) is 0 Å². The Morgan fingerprint density at radius 1 is 1.03 bits per heavy atom. The van der Waals surface area contributed by atoms with Crippen LogP contribution in [-0.4, -0.2) is 54.1 Å². The molecule has 0 spiro atoms. The van der Waals surface area contributed by atoms with Gasteiger partial charge in [-0.05, 0) is 49.3 Å². The van der Waals surface area contributed by atoms with Crippen LogP contribution in [0.1, 0.15) is 25.0 Å². The largest absolute Gasteiger partial charge is 0.480 e. The number of thiocarbonyl (C=S) groups is 1. The Balaban J connectivity index is 1.78. The average Bonchev–Trinajstić information content (AvgIpc) is 3.46. The van der Waals surface area contributed by atoms with Crippen molar-refractivity contribution in [3.05, 3.63) is 53.9 Å². The van der Waals surface area contributed by atoms with Crippen LogP contribution in [0.3, 0.4) is 0 Å². The number of nitrogens with zero attached hydrogens (tertiary/aromatic N) is 3. The van der Waals surface area contributed by atoms with Crippen molar-refractivity contribution in [3.8, 4) is 0 Å². The van der Waals surface area contributed by atoms with Gasteiger partial charge in [0, 0.05) is 18.0 Å². The van der Waals surface area contributed by atoms with E-state index >= 15 is 0 Å². The summed E-state index contributed by atoms with van der Waals surface area (Å²) in [5, 5.41) is 29.3. The summed E-state index contributed by atoms with van der Waals surface area (Å²) in [4.78, 5) is 41.4. The normalized spacial score (nSPS) is 18.7. The second-order valence-corrected chi connectivity index (χ2v) is 11.5. The summed E-state index contributed by atoms with van der Waals surface area (Å²) in [5.74, 6) is -1.68. The van der Waals surface area contributed by atoms with Crippen LogP contribution in [0.15, 0.2) is 32.9 Å². The van der Waals surface area contributed by atoms with Gasteiger partial charge in [0.05, 0.1) is 28.5 Å². The predicted octanol–water partition coefficient (Wildman–Crippen LogP) is 1.22. The van der Waals surface area contributed by atoms with Gasteiger partial charge in [-0.15, -0.1) is 11.3 Å². The Morgan fingerprint density at radius 3 is 2.33 bits per heavy atom. The van der Waals surface area contributed by atoms with Gasteiger partial charge < -0.3 is 20.2 Å². The number of thiazole rings is 1. The lowest BCUT2D eigenvalue weighted by molar-refractivity contribution is -0.140. The zero-order valence-corrected chi connectivity index (χ0v) is 22.7. The molecule has 36 heavy (non-hydrogen) atoms. The fraction of sp³-hybridized carbons (Fsp3) is 0.304. The standard InChI is InChI=1S/C23H23N3O6S4/c1-3-24-14-7-12(10-27)13(11-28)8-16(14)34-17(24)6-5-15-20(31)25(4-2)22(35-15)19-21(32)26(9-18(29)30)23(33)36-19/h5-8,27-28H,3-4,9-11H2,1-2H3,(H,29,30)/b15-5?,17-6?,22-19-. The van der Waals surface area contributed by atoms with E-state index in [0.717, 1.165) is 32.3 Å². The van der Waals surface area contributed by atoms with Crippen LogP contribution >= 0.6 is 47.1 Å². The van der Waals surface area contributed by atoms with Crippen LogP contribution in [-0.2, 0) is 29.3 Å². The molecular formula is C23H23N3O6S4. The zero-order valence-electron chi connectivity index (χ0n) is 19.4. The number of carboxylic acids is 1. The fourth-order valence-corrected chi connectivity index (χ4v) is 7.61. The van der Waals surface area contributed by atoms with Gasteiger partial charge in [-0.25, -0.2) is 0 Å². The first-order valence-electron chi connectivity index (χ1n) is 11.0. The number of carbonyl (C=O) groups is 2. The molecule has 0 aliphatic carbocycles. The van der Waals surface area contributed by atoms with E-state index in [4.69, 9.17) is 17.3 Å². The monoisotopic (exact) mass is 565 g/mol. The first kappa shape index (κ1) is 26.6. The molecule has 9 nitrogen and oxygen atoms in total. The fourth-order valence-electron chi connectivity index (χ4n) is 3.91. The molecule has 1 amide bonds. The van der Waals surface area contributed by atoms with E-state index in [2.05, 4.69) is 4.90 Å². The van der Waals surface area contributed by atoms with Gasteiger partial charge >= 0.3 is 5.97 Å². The lowest BCUT2D eigenvalue weighted by Crippen LogP contribution is -2.35. The molecule has 0 radical (unpaired) electrons. The minimum absolute atomic E-state index is 0.150. The van der Waals surface area contributed by atoms with Crippen LogP contribution in [0.4, 0.5) is 5.69 Å². The zero-order chi connectivity index (χ0) is 26.1. The van der Waals surface area contributed by atoms with Crippen molar-refractivity contribution in [1.82, 2.24) is 9.47 Å². The summed E-state index contributed by atoms with van der Waals surface area (Å²) in [6.07, 6.45) is 3.56. The average molecular weight is 566 g/mol. The molecule has 0 unspecified atom stereocenters. The van der Waals surface area contributed by atoms with Crippen molar-refractivity contribution in [2.24, 2.45) is 0 Å². The lowest BCUT2D eigenvalue weighted by atomic mass is 10.1. The van der Waals surface area contributed by atoms with Gasteiger partial charge in [-0.2, -0.15) is 0 Å². The molecule has 1 fully saturated rings. The Hall–Kier alpha value is -2.42. The number of aliphatic hydroxyl groups is 2. The molecule has 4 rings (SSSR count). The highest BCUT2D eigenvalue weighted by Gasteiger charge is 2.35. The number of hydrogen-bond acceptors (Lipinski definition) is 10. The second kappa shape index (κ2) is 10.9. The topological polar surface area (TPSA) is 123 Å². The van der Waals surface area contributed by atoms with Crippen molar-refractivity contribution < 1.29 is 24.9 Å². The van der Waals surface area contributed by atoms with Gasteiger partial charge in [0.1, 0.15) is 20.4 Å². The Kier molecular flexibility index (Phi) is 8.07. The number of rotatable bonds is 7. The summed E-state index contributed by atoms with van der Waals surface area (Å²) < 4.78 is 2.53. The van der Waals surface area contributed by atoms with Crippen LogP contribution < -0.4 is 19.7 Å². The van der Waals surface area contributed by atoms with E-state index in [-0.39, 0.29) is 28.0 Å². The lowest BCUT2D eigenvalue weighted by Gasteiger charge is -2.18. The number of anilines is 1. The molecule has 3 heterocycles. The number of thioether (sulfide) groups is 2. The molecule has 3 N–H and O–H groups in total. The smallest absolute Gasteiger partial charge is 0.323 e. The third-order valence-corrected chi connectivity index (χ3v) is 9.48. The molecule has 1 aromatic carbocycles. The highest BCUT2D eigenvalue weighted by Crippen LogP contribution is 2.47. The maximum Gasteiger partial charge on any atom is 0.323 e. The molecule has 1 aromatic heterocycles. The third-order valence-electron chi connectivity index (χ3n) is 5.65. The van der Waals surface area contributed by atoms with Crippen molar-refractivity contribution in [2.45, 2.75) is 38.5 Å². The second-order valence-electron chi connectivity index (χ2n) is 7.73. The number of hydrogen-bond donors (Lipinski definition) is 3. The van der Waals surface area contributed by atoms with Crippen molar-refractivity contribution in [3.63, 3.8) is 0 Å². The minimum atomic E-state index is -1.17. The Bertz CT molecular complexity index is 1480. The number of aliphatic hydroxyl groups excluding tert-OH is 2. The minimum Gasteiger partial charge on any atom is -0.480 e. The van der Waals surface area contributed by atoms with Crippen molar-refractivity contribution in [1.29, 1.82) is 0 Å². The summed E-state index contributed by atoms with van der Waals surface area (Å²) in [5.41, 5.74) is 2.02. The van der Waals surface area contributed by atoms with Crippen molar-refractivity contribution >= 4 is 79.9 Å². The number of aliphatic carboxylic acids is 1. The van der Waals surface area contributed by atoms with Crippen LogP contribution in [0.2, 0.25) is 0 Å². The van der Waals surface area contributed by atoms with E-state index in [1.165, 1.54) is 27.7 Å². The highest BCUT2D eigenvalue weighted by molar-refractivity contribution is 8.30. The highest BCUT2D eigenvalue weighted by atomic mass is 32.2. The third kappa shape index (κ3) is 4.78. The van der Waals surface area contributed by atoms with E-state index < -0.39 is 18.4 Å². The van der Waals surface area contributed by atoms with Gasteiger partial charge in [0.2, 0.25) is 0 Å². The molecule has 1 saturated heterocycles. The molecule has 2 aromatic rings. The summed E-state index contributed by atoms with van der Waals surface area (Å²) in [7, 11) is 0. The quantitative estimate of drug-likeness (QED) is 0.423. The van der Waals surface area contributed by atoms with E-state index in [0.29, 0.717) is 33.4 Å². The van der Waals surface area contributed by atoms with Crippen LogP contribution in [0, 0.1) is 0 Å². The summed E-state index contributed by atoms with van der Waals surface area (Å²) in [6, 6.07) is 3.74. The predicted molar refractivity (Wildman–Crippen MR) is 146 cm³/mol. The molecule has 0 atom stereocenters. The van der Waals surface area contributed by atoms with Crippen LogP contribution in [0.25, 0.3) is 11.0 Å². The van der Waals surface area contributed by atoms with E-state index in [1.807, 2.05) is 25.1 Å². The Labute approximate surface area is 224 Å². The van der Waals surface area contributed by atoms with Gasteiger partial charge in [-0.1, -0.05) is 35.7 Å². The maximum absolute atomic E-state index is 13.1. The molecule has 2 aliphatic heterocycles. The summed E-state index contributed by atoms with van der Waals surface area (Å²) in [6.45, 7) is 3.94. The first-order chi connectivity index (χ1) is 17.2.